The Hall–Kier alpha value is -1.80. The summed E-state index contributed by atoms with van der Waals surface area (Å²) in [6, 6.07) is 17.0. The van der Waals surface area contributed by atoms with Gasteiger partial charge in [0.05, 0.1) is 0 Å². The molecule has 0 fully saturated rings. The molecule has 0 amide bonds. The third-order valence-corrected chi connectivity index (χ3v) is 3.59. The molecule has 1 N–H and O–H groups in total. The lowest BCUT2D eigenvalue weighted by molar-refractivity contribution is 0.481. The van der Waals surface area contributed by atoms with E-state index in [1.165, 1.54) is 17.5 Å². The van der Waals surface area contributed by atoms with Crippen LogP contribution in [0.4, 0.5) is 0 Å². The molecular formula is C19H25NO. The van der Waals surface area contributed by atoms with Gasteiger partial charge in [-0.15, -0.1) is 0 Å². The highest BCUT2D eigenvalue weighted by atomic mass is 16.5. The van der Waals surface area contributed by atoms with Gasteiger partial charge in [0.2, 0.25) is 0 Å². The maximum atomic E-state index is 5.89. The number of hydrogen-bond donors (Lipinski definition) is 1. The Morgan fingerprint density at radius 2 is 1.48 bits per heavy atom. The summed E-state index contributed by atoms with van der Waals surface area (Å²) in [5, 5.41) is 3.41. The van der Waals surface area contributed by atoms with E-state index in [4.69, 9.17) is 4.74 Å². The maximum absolute atomic E-state index is 5.89. The second-order valence-corrected chi connectivity index (χ2v) is 5.34. The van der Waals surface area contributed by atoms with Crippen molar-refractivity contribution >= 4 is 0 Å². The van der Waals surface area contributed by atoms with Gasteiger partial charge in [0.1, 0.15) is 11.5 Å². The Kier molecular flexibility index (Phi) is 5.82. The third-order valence-electron chi connectivity index (χ3n) is 3.59. The van der Waals surface area contributed by atoms with Gasteiger partial charge >= 0.3 is 0 Å². The number of nitrogens with one attached hydrogen (secondary N) is 1. The van der Waals surface area contributed by atoms with Gasteiger partial charge in [0, 0.05) is 6.04 Å². The Bertz CT molecular complexity index is 530. The molecule has 21 heavy (non-hydrogen) atoms. The van der Waals surface area contributed by atoms with Crippen molar-refractivity contribution in [3.8, 4) is 11.5 Å². The van der Waals surface area contributed by atoms with Crippen LogP contribution in [0.1, 0.15) is 44.4 Å². The molecule has 1 unspecified atom stereocenters. The second kappa shape index (κ2) is 7.84. The van der Waals surface area contributed by atoms with Gasteiger partial charge in [-0.25, -0.2) is 0 Å². The smallest absolute Gasteiger partial charge is 0.127 e. The van der Waals surface area contributed by atoms with E-state index in [2.05, 4.69) is 50.4 Å². The minimum atomic E-state index is 0.373. The van der Waals surface area contributed by atoms with Crippen molar-refractivity contribution in [3.63, 3.8) is 0 Å². The Morgan fingerprint density at radius 1 is 0.905 bits per heavy atom. The average Bonchev–Trinajstić information content (AvgIpc) is 2.50. The zero-order valence-corrected chi connectivity index (χ0v) is 13.2. The van der Waals surface area contributed by atoms with E-state index in [9.17, 15) is 0 Å². The van der Waals surface area contributed by atoms with Crippen LogP contribution in [0.5, 0.6) is 11.5 Å². The molecular weight excluding hydrogens is 258 g/mol. The first-order valence-electron chi connectivity index (χ1n) is 7.83. The first kappa shape index (κ1) is 15.6. The molecule has 0 heterocycles. The van der Waals surface area contributed by atoms with Crippen molar-refractivity contribution in [2.45, 2.75) is 39.7 Å². The van der Waals surface area contributed by atoms with Crippen molar-refractivity contribution in [2.24, 2.45) is 0 Å². The largest absolute Gasteiger partial charge is 0.457 e. The van der Waals surface area contributed by atoms with E-state index >= 15 is 0 Å². The van der Waals surface area contributed by atoms with Gasteiger partial charge in [0.15, 0.2) is 0 Å². The molecule has 2 aromatic carbocycles. The summed E-state index contributed by atoms with van der Waals surface area (Å²) >= 11 is 0. The van der Waals surface area contributed by atoms with Gasteiger partial charge in [-0.1, -0.05) is 44.5 Å². The molecule has 112 valence electrons. The van der Waals surface area contributed by atoms with Crippen molar-refractivity contribution in [1.29, 1.82) is 0 Å². The minimum absolute atomic E-state index is 0.373. The van der Waals surface area contributed by atoms with E-state index < -0.39 is 0 Å². The van der Waals surface area contributed by atoms with Gasteiger partial charge in [-0.05, 0) is 55.3 Å². The minimum Gasteiger partial charge on any atom is -0.457 e. The number of ether oxygens (including phenoxy) is 1. The van der Waals surface area contributed by atoms with E-state index in [0.29, 0.717) is 6.04 Å². The summed E-state index contributed by atoms with van der Waals surface area (Å²) in [5.74, 6) is 1.77. The zero-order chi connectivity index (χ0) is 15.1. The molecule has 0 spiro atoms. The topological polar surface area (TPSA) is 21.3 Å². The Balaban J connectivity index is 1.99. The van der Waals surface area contributed by atoms with Crippen molar-refractivity contribution < 1.29 is 4.74 Å². The van der Waals surface area contributed by atoms with E-state index in [-0.39, 0.29) is 0 Å². The molecule has 0 aliphatic rings. The fourth-order valence-electron chi connectivity index (χ4n) is 2.40. The number of aryl methyl sites for hydroxylation is 1. The second-order valence-electron chi connectivity index (χ2n) is 5.34. The maximum Gasteiger partial charge on any atom is 0.127 e. The monoisotopic (exact) mass is 283 g/mol. The van der Waals surface area contributed by atoms with E-state index in [1.807, 2.05) is 24.3 Å². The molecule has 2 heteroatoms. The molecule has 0 aliphatic carbocycles. The highest BCUT2D eigenvalue weighted by Gasteiger charge is 2.04. The predicted octanol–water partition coefficient (Wildman–Crippen LogP) is 5.10. The molecule has 0 aromatic heterocycles. The van der Waals surface area contributed by atoms with Crippen LogP contribution in [0.25, 0.3) is 0 Å². The summed E-state index contributed by atoms with van der Waals surface area (Å²) in [7, 11) is 0. The van der Waals surface area contributed by atoms with E-state index in [0.717, 1.165) is 24.5 Å². The lowest BCUT2D eigenvalue weighted by atomic mass is 10.1. The van der Waals surface area contributed by atoms with Crippen LogP contribution in [-0.2, 0) is 6.42 Å². The molecule has 0 aliphatic heterocycles. The van der Waals surface area contributed by atoms with Crippen LogP contribution >= 0.6 is 0 Å². The van der Waals surface area contributed by atoms with Gasteiger partial charge in [-0.3, -0.25) is 0 Å². The molecule has 0 saturated heterocycles. The first-order chi connectivity index (χ1) is 10.2. The lowest BCUT2D eigenvalue weighted by Gasteiger charge is -2.13. The Morgan fingerprint density at radius 3 is 2.00 bits per heavy atom. The molecule has 2 rings (SSSR count). The van der Waals surface area contributed by atoms with Gasteiger partial charge in [0.25, 0.3) is 0 Å². The summed E-state index contributed by atoms with van der Waals surface area (Å²) in [5.41, 5.74) is 2.64. The predicted molar refractivity (Wildman–Crippen MR) is 89.0 cm³/mol. The number of rotatable bonds is 7. The molecule has 2 nitrogen and oxygen atoms in total. The van der Waals surface area contributed by atoms with Crippen LogP contribution in [-0.4, -0.2) is 6.54 Å². The van der Waals surface area contributed by atoms with Crippen molar-refractivity contribution in [1.82, 2.24) is 5.32 Å². The summed E-state index contributed by atoms with van der Waals surface area (Å²) in [4.78, 5) is 0. The summed E-state index contributed by atoms with van der Waals surface area (Å²) in [6.45, 7) is 7.46. The van der Waals surface area contributed by atoms with E-state index in [1.54, 1.807) is 0 Å². The van der Waals surface area contributed by atoms with Crippen LogP contribution in [0.2, 0.25) is 0 Å². The highest BCUT2D eigenvalue weighted by molar-refractivity contribution is 5.35. The fourth-order valence-corrected chi connectivity index (χ4v) is 2.40. The normalized spacial score (nSPS) is 12.1. The molecule has 2 aromatic rings. The average molecular weight is 283 g/mol. The lowest BCUT2D eigenvalue weighted by Crippen LogP contribution is -2.17. The fraction of sp³-hybridized carbons (Fsp3) is 0.368. The number of benzene rings is 2. The standard InChI is InChI=1S/C19H25NO/c1-4-6-16-7-11-18(12-8-16)21-19-13-9-17(10-14-19)15(3)20-5-2/h7-15,20H,4-6H2,1-3H3. The van der Waals surface area contributed by atoms with Gasteiger partial charge < -0.3 is 10.1 Å². The third kappa shape index (κ3) is 4.61. The van der Waals surface area contributed by atoms with Crippen molar-refractivity contribution in [3.05, 3.63) is 59.7 Å². The first-order valence-corrected chi connectivity index (χ1v) is 7.83. The van der Waals surface area contributed by atoms with Gasteiger partial charge in [-0.2, -0.15) is 0 Å². The van der Waals surface area contributed by atoms with Crippen LogP contribution in [0.3, 0.4) is 0 Å². The zero-order valence-electron chi connectivity index (χ0n) is 13.2. The van der Waals surface area contributed by atoms with Crippen LogP contribution in [0, 0.1) is 0 Å². The molecule has 0 radical (unpaired) electrons. The summed E-state index contributed by atoms with van der Waals surface area (Å²) < 4.78 is 5.89. The SMILES string of the molecule is CCCc1ccc(Oc2ccc(C(C)NCC)cc2)cc1. The quantitative estimate of drug-likeness (QED) is 0.763. The highest BCUT2D eigenvalue weighted by Crippen LogP contribution is 2.24. The molecule has 1 atom stereocenters. The Labute approximate surface area is 128 Å². The summed E-state index contributed by atoms with van der Waals surface area (Å²) in [6.07, 6.45) is 2.29. The van der Waals surface area contributed by atoms with Crippen LogP contribution in [0.15, 0.2) is 48.5 Å². The molecule has 0 bridgehead atoms. The van der Waals surface area contributed by atoms with Crippen molar-refractivity contribution in [2.75, 3.05) is 6.54 Å². The molecule has 0 saturated carbocycles. The number of hydrogen-bond acceptors (Lipinski definition) is 2. The van der Waals surface area contributed by atoms with Crippen LogP contribution < -0.4 is 10.1 Å².